The fourth-order valence-corrected chi connectivity index (χ4v) is 5.78. The molecule has 0 aliphatic heterocycles. The van der Waals surface area contributed by atoms with Gasteiger partial charge >= 0.3 is 6.09 Å². The van der Waals surface area contributed by atoms with E-state index in [4.69, 9.17) is 5.11 Å². The second-order valence-electron chi connectivity index (χ2n) is 12.0. The zero-order valence-electron chi connectivity index (χ0n) is 26.3. The van der Waals surface area contributed by atoms with E-state index in [1.165, 1.54) is 4.90 Å². The first-order chi connectivity index (χ1) is 22.7. The predicted molar refractivity (Wildman–Crippen MR) is 175 cm³/mol. The Morgan fingerprint density at radius 2 is 1.62 bits per heavy atom. The van der Waals surface area contributed by atoms with Crippen LogP contribution < -0.4 is 16.0 Å². The van der Waals surface area contributed by atoms with Crippen molar-refractivity contribution in [2.45, 2.75) is 38.1 Å². The number of nitrogens with one attached hydrogen (secondary N) is 4. The third-order valence-electron chi connectivity index (χ3n) is 8.36. The van der Waals surface area contributed by atoms with Crippen molar-refractivity contribution in [2.75, 3.05) is 26.0 Å². The summed E-state index contributed by atoms with van der Waals surface area (Å²) in [5, 5.41) is 31.2. The molecule has 4 amide bonds. The van der Waals surface area contributed by atoms with Gasteiger partial charge in [0.15, 0.2) is 0 Å². The van der Waals surface area contributed by atoms with Crippen LogP contribution >= 0.6 is 0 Å². The summed E-state index contributed by atoms with van der Waals surface area (Å²) in [6.45, 7) is 0.364. The highest BCUT2D eigenvalue weighted by Gasteiger charge is 2.30. The lowest BCUT2D eigenvalue weighted by molar-refractivity contribution is -0.130. The van der Waals surface area contributed by atoms with Crippen LogP contribution in [0.5, 0.6) is 0 Å². The van der Waals surface area contributed by atoms with Crippen LogP contribution in [0.25, 0.3) is 22.5 Å². The maximum Gasteiger partial charge on any atom is 0.404 e. The number of hydrogen-bond donors (Lipinski definition) is 5. The fraction of sp³-hybridized carbons (Fsp3) is 0.324. The average Bonchev–Trinajstić information content (AvgIpc) is 3.63. The van der Waals surface area contributed by atoms with Gasteiger partial charge in [-0.05, 0) is 89.9 Å². The number of aromatic amines is 1. The zero-order valence-corrected chi connectivity index (χ0v) is 26.3. The number of hydrogen-bond acceptors (Lipinski definition) is 7. The third-order valence-corrected chi connectivity index (χ3v) is 8.36. The largest absolute Gasteiger partial charge is 0.465 e. The van der Waals surface area contributed by atoms with E-state index in [9.17, 15) is 19.2 Å². The molecule has 47 heavy (non-hydrogen) atoms. The van der Waals surface area contributed by atoms with Gasteiger partial charge in [-0.15, -0.1) is 10.2 Å². The van der Waals surface area contributed by atoms with Gasteiger partial charge < -0.3 is 26.0 Å². The number of carbonyl (C=O) groups is 4. The Kier molecular flexibility index (Phi) is 10.6. The predicted octanol–water partition coefficient (Wildman–Crippen LogP) is 3.98. The van der Waals surface area contributed by atoms with Crippen molar-refractivity contribution in [2.24, 2.45) is 11.8 Å². The maximum absolute atomic E-state index is 13.7. The van der Waals surface area contributed by atoms with Gasteiger partial charge in [-0.2, -0.15) is 5.21 Å². The molecule has 1 aliphatic carbocycles. The molecule has 1 fully saturated rings. The second kappa shape index (κ2) is 15.1. The number of rotatable bonds is 11. The Bertz CT molecular complexity index is 1700. The molecule has 4 aromatic rings. The molecule has 0 bridgehead atoms. The van der Waals surface area contributed by atoms with E-state index < -0.39 is 12.1 Å². The summed E-state index contributed by atoms with van der Waals surface area (Å²) in [6.07, 6.45) is 1.85. The molecular weight excluding hydrogens is 600 g/mol. The van der Waals surface area contributed by atoms with E-state index in [0.717, 1.165) is 35.1 Å². The Morgan fingerprint density at radius 3 is 2.28 bits per heavy atom. The molecule has 0 saturated heterocycles. The lowest BCUT2D eigenvalue weighted by Gasteiger charge is -2.29. The van der Waals surface area contributed by atoms with Gasteiger partial charge in [0.2, 0.25) is 17.6 Å². The lowest BCUT2D eigenvalue weighted by atomic mass is 9.81. The minimum absolute atomic E-state index is 0.0973. The Labute approximate surface area is 272 Å². The molecule has 5 N–H and O–H groups in total. The molecule has 244 valence electrons. The number of carbonyl (C=O) groups excluding carboxylic acids is 3. The SMILES string of the molecule is CN(C)C(=O)c1cccc(-c2cccc(C[C@H](NC(=O)C3CCC(CNC(=O)O)CC3)C(=O)Nc3ccc(-c4nn[nH]n4)cc3)c2)c1. The first-order valence-corrected chi connectivity index (χ1v) is 15.5. The quantitative estimate of drug-likeness (QED) is 0.163. The van der Waals surface area contributed by atoms with Gasteiger partial charge in [0.25, 0.3) is 5.91 Å². The van der Waals surface area contributed by atoms with Crippen molar-refractivity contribution >= 4 is 29.5 Å². The Hall–Kier alpha value is -5.59. The highest BCUT2D eigenvalue weighted by molar-refractivity contribution is 5.98. The van der Waals surface area contributed by atoms with Crippen LogP contribution in [0.3, 0.4) is 0 Å². The van der Waals surface area contributed by atoms with Gasteiger partial charge in [-0.1, -0.05) is 36.4 Å². The van der Waals surface area contributed by atoms with E-state index in [2.05, 4.69) is 36.6 Å². The van der Waals surface area contributed by atoms with Gasteiger partial charge in [0.1, 0.15) is 6.04 Å². The molecule has 1 aromatic heterocycles. The van der Waals surface area contributed by atoms with Crippen molar-refractivity contribution in [3.8, 4) is 22.5 Å². The van der Waals surface area contributed by atoms with E-state index in [0.29, 0.717) is 36.5 Å². The van der Waals surface area contributed by atoms with Crippen LogP contribution in [-0.4, -0.2) is 81.1 Å². The molecular formula is C34H38N8O5. The summed E-state index contributed by atoms with van der Waals surface area (Å²) in [5.41, 5.74) is 4.42. The van der Waals surface area contributed by atoms with E-state index in [1.54, 1.807) is 44.4 Å². The molecule has 0 unspecified atom stereocenters. The molecule has 1 atom stereocenters. The molecule has 0 radical (unpaired) electrons. The number of carboxylic acid groups (broad SMARTS) is 1. The summed E-state index contributed by atoms with van der Waals surface area (Å²) in [7, 11) is 3.42. The molecule has 0 spiro atoms. The summed E-state index contributed by atoms with van der Waals surface area (Å²) in [5.74, 6) is -0.330. The highest BCUT2D eigenvalue weighted by atomic mass is 16.4. The van der Waals surface area contributed by atoms with Crippen LogP contribution in [0.1, 0.15) is 41.6 Å². The molecule has 1 saturated carbocycles. The van der Waals surface area contributed by atoms with Crippen LogP contribution in [0.2, 0.25) is 0 Å². The molecule has 13 nitrogen and oxygen atoms in total. The number of aromatic nitrogens is 4. The van der Waals surface area contributed by atoms with E-state index in [-0.39, 0.29) is 36.0 Å². The molecule has 1 aliphatic rings. The molecule has 3 aromatic carbocycles. The minimum Gasteiger partial charge on any atom is -0.465 e. The van der Waals surface area contributed by atoms with Crippen LogP contribution in [0.4, 0.5) is 10.5 Å². The van der Waals surface area contributed by atoms with Gasteiger partial charge in [-0.25, -0.2) is 4.79 Å². The van der Waals surface area contributed by atoms with Crippen LogP contribution in [0.15, 0.2) is 72.8 Å². The topological polar surface area (TPSA) is 182 Å². The molecule has 5 rings (SSSR count). The van der Waals surface area contributed by atoms with Crippen molar-refractivity contribution in [3.05, 3.63) is 83.9 Å². The zero-order chi connectivity index (χ0) is 33.3. The average molecular weight is 639 g/mol. The van der Waals surface area contributed by atoms with Gasteiger partial charge in [0.05, 0.1) is 0 Å². The fourth-order valence-electron chi connectivity index (χ4n) is 5.78. The van der Waals surface area contributed by atoms with Crippen molar-refractivity contribution in [1.29, 1.82) is 0 Å². The van der Waals surface area contributed by atoms with E-state index in [1.807, 2.05) is 42.5 Å². The van der Waals surface area contributed by atoms with Crippen molar-refractivity contribution in [1.82, 2.24) is 36.2 Å². The first kappa shape index (κ1) is 32.8. The van der Waals surface area contributed by atoms with E-state index >= 15 is 0 Å². The summed E-state index contributed by atoms with van der Waals surface area (Å²) in [4.78, 5) is 52.2. The maximum atomic E-state index is 13.7. The molecule has 1 heterocycles. The normalized spacial score (nSPS) is 16.5. The summed E-state index contributed by atoms with van der Waals surface area (Å²) < 4.78 is 0. The number of tetrazole rings is 1. The lowest BCUT2D eigenvalue weighted by Crippen LogP contribution is -2.48. The van der Waals surface area contributed by atoms with Crippen molar-refractivity contribution < 1.29 is 24.3 Å². The van der Waals surface area contributed by atoms with Crippen LogP contribution in [0, 0.1) is 11.8 Å². The van der Waals surface area contributed by atoms with Crippen molar-refractivity contribution in [3.63, 3.8) is 0 Å². The number of anilines is 1. The second-order valence-corrected chi connectivity index (χ2v) is 12.0. The molecule has 13 heteroatoms. The summed E-state index contributed by atoms with van der Waals surface area (Å²) >= 11 is 0. The number of amides is 4. The standard InChI is InChI=1S/C34H38N8O5/c1-42(2)33(45)27-8-4-7-26(19-27)25-6-3-5-22(17-25)18-29(37-31(43)24-11-9-21(10-12-24)20-35-34(46)47)32(44)36-28-15-13-23(14-16-28)30-38-40-41-39-30/h3-8,13-17,19,21,24,29,35H,9-12,18,20H2,1-2H3,(H,36,44)(H,37,43)(H,46,47)(H,38,39,40,41)/t21?,24?,29-/m0/s1. The smallest absolute Gasteiger partial charge is 0.404 e. The number of H-pyrrole nitrogens is 1. The number of benzene rings is 3. The highest BCUT2D eigenvalue weighted by Crippen LogP contribution is 2.29. The third kappa shape index (κ3) is 8.78. The minimum atomic E-state index is -1.05. The van der Waals surface area contributed by atoms with Gasteiger partial charge in [-0.3, -0.25) is 14.4 Å². The Balaban J connectivity index is 1.32. The summed E-state index contributed by atoms with van der Waals surface area (Å²) in [6, 6.07) is 21.2. The van der Waals surface area contributed by atoms with Crippen LogP contribution in [-0.2, 0) is 16.0 Å². The number of nitrogens with zero attached hydrogens (tertiary/aromatic N) is 4. The monoisotopic (exact) mass is 638 g/mol. The Morgan fingerprint density at radius 1 is 0.915 bits per heavy atom. The first-order valence-electron chi connectivity index (χ1n) is 15.5. The van der Waals surface area contributed by atoms with Gasteiger partial charge in [0, 0.05) is 49.8 Å².